The minimum absolute atomic E-state index is 0.140. The fourth-order valence-corrected chi connectivity index (χ4v) is 3.51. The Morgan fingerprint density at radius 2 is 1.88 bits per heavy atom. The molecule has 4 aromatic heterocycles. The number of nitrogens with one attached hydrogen (secondary N) is 2. The first-order valence-corrected chi connectivity index (χ1v) is 10.4. The van der Waals surface area contributed by atoms with Crippen LogP contribution in [0.5, 0.6) is 0 Å². The van der Waals surface area contributed by atoms with Gasteiger partial charge < -0.3 is 24.5 Å². The van der Waals surface area contributed by atoms with E-state index in [0.29, 0.717) is 34.9 Å². The molecule has 4 aromatic rings. The number of fused-ring (bicyclic) bond motifs is 1. The van der Waals surface area contributed by atoms with Crippen molar-refractivity contribution in [2.45, 2.75) is 20.4 Å². The van der Waals surface area contributed by atoms with Gasteiger partial charge in [-0.1, -0.05) is 0 Å². The van der Waals surface area contributed by atoms with Crippen molar-refractivity contribution >= 4 is 39.9 Å². The summed E-state index contributed by atoms with van der Waals surface area (Å²) in [7, 11) is 1.84. The molecule has 0 aliphatic rings. The number of halogens is 1. The Morgan fingerprint density at radius 1 is 1.09 bits per heavy atom. The molecule has 2 N–H and O–H groups in total. The molecule has 0 atom stereocenters. The Balaban J connectivity index is 1.78. The molecule has 0 amide bonds. The number of carbonyl (C=O) groups excluding carboxylic acids is 1. The average molecular weight is 450 g/mol. The Morgan fingerprint density at radius 3 is 2.58 bits per heavy atom. The van der Waals surface area contributed by atoms with Crippen LogP contribution in [-0.4, -0.2) is 31.7 Å². The third-order valence-corrected chi connectivity index (χ3v) is 5.11. The van der Waals surface area contributed by atoms with Crippen LogP contribution in [0.15, 0.2) is 53.8 Å². The van der Waals surface area contributed by atoms with E-state index in [2.05, 4.69) is 20.6 Å². The van der Waals surface area contributed by atoms with Crippen LogP contribution < -0.4 is 16.2 Å². The molecular weight excluding hydrogens is 427 g/mol. The third kappa shape index (κ3) is 4.40. The van der Waals surface area contributed by atoms with Crippen molar-refractivity contribution in [2.75, 3.05) is 17.2 Å². The summed E-state index contributed by atoms with van der Waals surface area (Å²) in [5, 5.41) is 6.69. The summed E-state index contributed by atoms with van der Waals surface area (Å²) >= 11 is 0. The lowest BCUT2D eigenvalue weighted by Gasteiger charge is -2.13. The van der Waals surface area contributed by atoms with Crippen LogP contribution in [0.2, 0.25) is 0 Å². The molecule has 170 valence electrons. The Kier molecular flexibility index (Phi) is 6.07. The molecule has 4 heterocycles. The summed E-state index contributed by atoms with van der Waals surface area (Å²) in [6.07, 6.45) is 6.00. The molecule has 0 aliphatic carbocycles. The zero-order valence-electron chi connectivity index (χ0n) is 18.4. The smallest absolute Gasteiger partial charge is 0.341 e. The molecule has 9 nitrogen and oxygen atoms in total. The lowest BCUT2D eigenvalue weighted by molar-refractivity contribution is 0.0527. The second-order valence-corrected chi connectivity index (χ2v) is 7.27. The first-order valence-electron chi connectivity index (χ1n) is 10.4. The number of hydrogen-bond donors (Lipinski definition) is 2. The highest BCUT2D eigenvalue weighted by molar-refractivity contribution is 6.00. The van der Waals surface area contributed by atoms with Crippen molar-refractivity contribution in [2.24, 2.45) is 7.05 Å². The van der Waals surface area contributed by atoms with Gasteiger partial charge in [-0.2, -0.15) is 0 Å². The molecule has 0 spiro atoms. The molecule has 4 rings (SSSR count). The zero-order valence-corrected chi connectivity index (χ0v) is 18.4. The van der Waals surface area contributed by atoms with Gasteiger partial charge in [0, 0.05) is 38.2 Å². The summed E-state index contributed by atoms with van der Waals surface area (Å²) < 4.78 is 21.8. The van der Waals surface area contributed by atoms with E-state index in [1.54, 1.807) is 30.0 Å². The zero-order chi connectivity index (χ0) is 23.5. The SMILES string of the molecule is CCOC(=O)c1cnc(Nc2ccc(F)cn2)cc1Nc1cn(C)c2ccn(CC)c(=O)c12. The van der Waals surface area contributed by atoms with Gasteiger partial charge in [0.15, 0.2) is 0 Å². The van der Waals surface area contributed by atoms with Gasteiger partial charge in [0.25, 0.3) is 5.56 Å². The molecule has 0 saturated carbocycles. The molecule has 0 aliphatic heterocycles. The van der Waals surface area contributed by atoms with E-state index in [0.717, 1.165) is 11.7 Å². The highest BCUT2D eigenvalue weighted by Gasteiger charge is 2.18. The number of pyridine rings is 3. The van der Waals surface area contributed by atoms with Gasteiger partial charge in [0.05, 0.1) is 35.1 Å². The largest absolute Gasteiger partial charge is 0.462 e. The number of nitrogens with zero attached hydrogens (tertiary/aromatic N) is 4. The van der Waals surface area contributed by atoms with Crippen molar-refractivity contribution in [1.29, 1.82) is 0 Å². The molecule has 0 saturated heterocycles. The minimum atomic E-state index is -0.551. The van der Waals surface area contributed by atoms with Gasteiger partial charge >= 0.3 is 5.97 Å². The maximum atomic E-state index is 13.2. The van der Waals surface area contributed by atoms with Gasteiger partial charge in [-0.15, -0.1) is 0 Å². The predicted molar refractivity (Wildman–Crippen MR) is 124 cm³/mol. The quantitative estimate of drug-likeness (QED) is 0.411. The topological polar surface area (TPSA) is 103 Å². The normalized spacial score (nSPS) is 10.9. The Labute approximate surface area is 188 Å². The molecule has 0 fully saturated rings. The van der Waals surface area contributed by atoms with E-state index in [1.807, 2.05) is 24.6 Å². The Bertz CT molecular complexity index is 1380. The van der Waals surface area contributed by atoms with Crippen LogP contribution >= 0.6 is 0 Å². The Hall–Kier alpha value is -4.21. The second kappa shape index (κ2) is 9.11. The van der Waals surface area contributed by atoms with Gasteiger partial charge in [0.1, 0.15) is 23.0 Å². The predicted octanol–water partition coefficient (Wildman–Crippen LogP) is 3.95. The summed E-state index contributed by atoms with van der Waals surface area (Å²) in [4.78, 5) is 33.8. The number of rotatable bonds is 7. The molecule has 0 unspecified atom stereocenters. The second-order valence-electron chi connectivity index (χ2n) is 7.27. The van der Waals surface area contributed by atoms with E-state index >= 15 is 0 Å². The number of ether oxygens (including phenoxy) is 1. The van der Waals surface area contributed by atoms with Crippen molar-refractivity contribution in [3.8, 4) is 0 Å². The highest BCUT2D eigenvalue weighted by atomic mass is 19.1. The van der Waals surface area contributed by atoms with Crippen LogP contribution in [-0.2, 0) is 18.3 Å². The average Bonchev–Trinajstić information content (AvgIpc) is 3.12. The summed E-state index contributed by atoms with van der Waals surface area (Å²) in [6.45, 7) is 4.34. The van der Waals surface area contributed by atoms with Crippen LogP contribution in [0.4, 0.5) is 27.4 Å². The highest BCUT2D eigenvalue weighted by Crippen LogP contribution is 2.29. The number of esters is 1. The fraction of sp³-hybridized carbons (Fsp3) is 0.217. The van der Waals surface area contributed by atoms with E-state index in [1.165, 1.54) is 18.3 Å². The number of anilines is 4. The number of hydrogen-bond acceptors (Lipinski definition) is 7. The summed E-state index contributed by atoms with van der Waals surface area (Å²) in [5.74, 6) is -0.252. The third-order valence-electron chi connectivity index (χ3n) is 5.11. The van der Waals surface area contributed by atoms with Crippen LogP contribution in [0.1, 0.15) is 24.2 Å². The van der Waals surface area contributed by atoms with Gasteiger partial charge in [-0.25, -0.2) is 19.2 Å². The van der Waals surface area contributed by atoms with E-state index in [9.17, 15) is 14.0 Å². The van der Waals surface area contributed by atoms with Gasteiger partial charge in [-0.3, -0.25) is 4.79 Å². The molecule has 0 radical (unpaired) electrons. The molecular formula is C23H23FN6O3. The molecule has 10 heteroatoms. The maximum Gasteiger partial charge on any atom is 0.341 e. The molecule has 0 aromatic carbocycles. The van der Waals surface area contributed by atoms with E-state index < -0.39 is 11.8 Å². The van der Waals surface area contributed by atoms with Crippen LogP contribution in [0.25, 0.3) is 10.9 Å². The fourth-order valence-electron chi connectivity index (χ4n) is 3.51. The number of carbonyl (C=O) groups is 1. The number of aryl methyl sites for hydroxylation is 2. The van der Waals surface area contributed by atoms with E-state index in [-0.39, 0.29) is 17.7 Å². The van der Waals surface area contributed by atoms with E-state index in [4.69, 9.17) is 4.74 Å². The standard InChI is InChI=1S/C23H23FN6O3/c1-4-30-9-8-18-21(22(30)31)17(13-29(18)3)27-16-10-20(26-12-15(16)23(32)33-5-2)28-19-7-6-14(24)11-25-19/h6-13H,4-5H2,1-3H3,(H2,25,26,27,28). The summed E-state index contributed by atoms with van der Waals surface area (Å²) in [5.41, 5.74) is 1.76. The minimum Gasteiger partial charge on any atom is -0.462 e. The first kappa shape index (κ1) is 22.0. The van der Waals surface area contributed by atoms with Crippen LogP contribution in [0, 0.1) is 5.82 Å². The van der Waals surface area contributed by atoms with Crippen LogP contribution in [0.3, 0.4) is 0 Å². The van der Waals surface area contributed by atoms with Crippen molar-refractivity contribution < 1.29 is 13.9 Å². The summed E-state index contributed by atoms with van der Waals surface area (Å²) in [6, 6.07) is 6.23. The maximum absolute atomic E-state index is 13.2. The van der Waals surface area contributed by atoms with Crippen molar-refractivity contribution in [1.82, 2.24) is 19.1 Å². The van der Waals surface area contributed by atoms with Crippen molar-refractivity contribution in [3.05, 3.63) is 70.8 Å². The van der Waals surface area contributed by atoms with Crippen molar-refractivity contribution in [3.63, 3.8) is 0 Å². The number of aromatic nitrogens is 4. The van der Waals surface area contributed by atoms with Gasteiger partial charge in [-0.05, 0) is 32.0 Å². The molecule has 0 bridgehead atoms. The lowest BCUT2D eigenvalue weighted by atomic mass is 10.2. The lowest BCUT2D eigenvalue weighted by Crippen LogP contribution is -2.18. The van der Waals surface area contributed by atoms with Gasteiger partial charge in [0.2, 0.25) is 0 Å². The monoisotopic (exact) mass is 450 g/mol. The first-order chi connectivity index (χ1) is 15.9. The molecule has 33 heavy (non-hydrogen) atoms.